The van der Waals surface area contributed by atoms with Crippen molar-refractivity contribution in [3.63, 3.8) is 0 Å². The number of pyridine rings is 1. The molecule has 39 heavy (non-hydrogen) atoms. The highest BCUT2D eigenvalue weighted by Gasteiger charge is 2.38. The van der Waals surface area contributed by atoms with E-state index >= 15 is 0 Å². The number of aromatic carboxylic acids is 1. The quantitative estimate of drug-likeness (QED) is 0.299. The summed E-state index contributed by atoms with van der Waals surface area (Å²) in [6, 6.07) is 17.7. The van der Waals surface area contributed by atoms with Gasteiger partial charge in [-0.15, -0.1) is 0 Å². The molecular weight excluding hydrogens is 539 g/mol. The number of aromatic nitrogens is 1. The summed E-state index contributed by atoms with van der Waals surface area (Å²) in [5, 5.41) is 17.0. The van der Waals surface area contributed by atoms with Crippen LogP contribution in [0.15, 0.2) is 71.8 Å². The Morgan fingerprint density at radius 3 is 2.15 bits per heavy atom. The fourth-order valence-electron chi connectivity index (χ4n) is 3.40. The number of benzene rings is 2. The molecule has 0 fully saturated rings. The molecule has 13 heteroatoms. The van der Waals surface area contributed by atoms with E-state index in [0.29, 0.717) is 24.5 Å². The number of carboxylic acid groups (broad SMARTS) is 2. The van der Waals surface area contributed by atoms with E-state index in [-0.39, 0.29) is 16.1 Å². The molecule has 0 atom stereocenters. The Labute approximate surface area is 224 Å². The summed E-state index contributed by atoms with van der Waals surface area (Å²) in [7, 11) is -3.88. The largest absolute Gasteiger partial charge is 0.490 e. The number of hydrogen-bond acceptors (Lipinski definition) is 6. The molecule has 0 saturated carbocycles. The maximum absolute atomic E-state index is 12.8. The first kappa shape index (κ1) is 31.1. The van der Waals surface area contributed by atoms with Gasteiger partial charge in [-0.1, -0.05) is 61.9 Å². The molecule has 1 aromatic heterocycles. The number of halogens is 3. The smallest absolute Gasteiger partial charge is 0.478 e. The van der Waals surface area contributed by atoms with Crippen molar-refractivity contribution in [2.75, 3.05) is 16.2 Å². The predicted molar refractivity (Wildman–Crippen MR) is 139 cm³/mol. The number of hydrogen-bond donors (Lipinski definition) is 3. The second kappa shape index (κ2) is 13.6. The molecule has 0 aliphatic heterocycles. The van der Waals surface area contributed by atoms with E-state index in [0.717, 1.165) is 18.4 Å². The highest BCUT2D eigenvalue weighted by molar-refractivity contribution is 7.92. The topological polar surface area (TPSA) is 137 Å². The first-order valence-corrected chi connectivity index (χ1v) is 13.1. The Kier molecular flexibility index (Phi) is 10.8. The van der Waals surface area contributed by atoms with Crippen LogP contribution in [0.1, 0.15) is 41.3 Å². The number of carbonyl (C=O) groups is 2. The lowest BCUT2D eigenvalue weighted by Crippen LogP contribution is -2.27. The van der Waals surface area contributed by atoms with E-state index in [2.05, 4.69) is 16.6 Å². The van der Waals surface area contributed by atoms with Gasteiger partial charge in [0.1, 0.15) is 11.4 Å². The molecule has 2 aromatic carbocycles. The third-order valence-corrected chi connectivity index (χ3v) is 6.81. The van der Waals surface area contributed by atoms with Crippen molar-refractivity contribution in [3.05, 3.63) is 83.6 Å². The van der Waals surface area contributed by atoms with Gasteiger partial charge in [0.05, 0.1) is 16.8 Å². The molecule has 0 unspecified atom stereocenters. The van der Waals surface area contributed by atoms with Crippen LogP contribution in [0, 0.1) is 6.92 Å². The third kappa shape index (κ3) is 9.28. The molecule has 0 aliphatic rings. The Morgan fingerprint density at radius 1 is 1.03 bits per heavy atom. The molecule has 0 saturated heterocycles. The summed E-state index contributed by atoms with van der Waals surface area (Å²) in [6.07, 6.45) is -1.90. The summed E-state index contributed by atoms with van der Waals surface area (Å²) in [5.74, 6) is -3.61. The Bertz CT molecular complexity index is 1380. The van der Waals surface area contributed by atoms with Crippen LogP contribution in [0.5, 0.6) is 0 Å². The van der Waals surface area contributed by atoms with Crippen LogP contribution in [0.2, 0.25) is 0 Å². The monoisotopic (exact) mass is 567 g/mol. The fraction of sp³-hybridized carbons (Fsp3) is 0.269. The van der Waals surface area contributed by atoms with E-state index in [1.54, 1.807) is 25.1 Å². The molecule has 0 bridgehead atoms. The van der Waals surface area contributed by atoms with Gasteiger partial charge < -0.3 is 15.1 Å². The molecule has 1 heterocycles. The number of anilines is 2. The van der Waals surface area contributed by atoms with Crippen molar-refractivity contribution in [1.29, 1.82) is 0 Å². The van der Waals surface area contributed by atoms with Crippen LogP contribution in [-0.4, -0.2) is 48.3 Å². The Morgan fingerprint density at radius 2 is 1.62 bits per heavy atom. The normalized spacial score (nSPS) is 11.2. The molecule has 3 N–H and O–H groups in total. The third-order valence-electron chi connectivity index (χ3n) is 5.27. The van der Waals surface area contributed by atoms with E-state index in [9.17, 15) is 31.5 Å². The number of nitrogens with zero attached hydrogens (tertiary/aromatic N) is 2. The number of unbranched alkanes of at least 4 members (excludes halogenated alkanes) is 1. The minimum atomic E-state index is -5.08. The number of nitrogens with one attached hydrogen (secondary N) is 1. The molecule has 3 rings (SSSR count). The first-order chi connectivity index (χ1) is 18.3. The van der Waals surface area contributed by atoms with Gasteiger partial charge in [-0.2, -0.15) is 13.2 Å². The van der Waals surface area contributed by atoms with Crippen LogP contribution in [0.25, 0.3) is 0 Å². The molecule has 210 valence electrons. The second-order valence-electron chi connectivity index (χ2n) is 8.33. The second-order valence-corrected chi connectivity index (χ2v) is 9.99. The summed E-state index contributed by atoms with van der Waals surface area (Å²) in [5.41, 5.74) is 1.68. The van der Waals surface area contributed by atoms with Crippen molar-refractivity contribution in [1.82, 2.24) is 4.98 Å². The fourth-order valence-corrected chi connectivity index (χ4v) is 4.68. The molecule has 0 radical (unpaired) electrons. The summed E-state index contributed by atoms with van der Waals surface area (Å²) in [6.45, 7) is 4.90. The molecule has 0 aliphatic carbocycles. The van der Waals surface area contributed by atoms with Gasteiger partial charge in [0.2, 0.25) is 0 Å². The molecular formula is C26H28F3N3O6S. The van der Waals surface area contributed by atoms with Crippen LogP contribution in [0.4, 0.5) is 24.7 Å². The zero-order valence-electron chi connectivity index (χ0n) is 21.1. The number of aliphatic carboxylic acids is 1. The van der Waals surface area contributed by atoms with Gasteiger partial charge in [-0.05, 0) is 36.6 Å². The van der Waals surface area contributed by atoms with Crippen molar-refractivity contribution in [3.8, 4) is 0 Å². The van der Waals surface area contributed by atoms with Crippen molar-refractivity contribution in [2.45, 2.75) is 44.3 Å². The summed E-state index contributed by atoms with van der Waals surface area (Å²) < 4.78 is 59.8. The maximum Gasteiger partial charge on any atom is 0.490 e. The Hall–Kier alpha value is -4.13. The predicted octanol–water partition coefficient (Wildman–Crippen LogP) is 5.33. The van der Waals surface area contributed by atoms with Gasteiger partial charge in [0.15, 0.2) is 0 Å². The lowest BCUT2D eigenvalue weighted by atomic mass is 10.1. The van der Waals surface area contributed by atoms with Gasteiger partial charge in [-0.25, -0.2) is 23.0 Å². The standard InChI is InChI=1S/C24H27N3O4S.C2HF3O2/c1-3-4-14-27(17-19-11-6-5-7-12-19)23-21(24(28)29)15-20(16-25-23)26-32(30,31)22-13-9-8-10-18(22)2;3-2(4,5)1(6)7/h5-13,15-16,26H,3-4,14,17H2,1-2H3,(H,28,29);(H,6,7). The van der Waals surface area contributed by atoms with Gasteiger partial charge in [-0.3, -0.25) is 4.72 Å². The summed E-state index contributed by atoms with van der Waals surface area (Å²) >= 11 is 0. The molecule has 9 nitrogen and oxygen atoms in total. The van der Waals surface area contributed by atoms with Crippen LogP contribution >= 0.6 is 0 Å². The number of carboxylic acids is 2. The van der Waals surface area contributed by atoms with Crippen LogP contribution < -0.4 is 9.62 Å². The number of sulfonamides is 1. The van der Waals surface area contributed by atoms with Crippen LogP contribution in [-0.2, 0) is 21.4 Å². The molecule has 0 spiro atoms. The average molecular weight is 568 g/mol. The van der Waals surface area contributed by atoms with E-state index in [1.165, 1.54) is 18.3 Å². The minimum absolute atomic E-state index is 0.0537. The van der Waals surface area contributed by atoms with E-state index in [4.69, 9.17) is 9.90 Å². The van der Waals surface area contributed by atoms with E-state index in [1.807, 2.05) is 35.2 Å². The minimum Gasteiger partial charge on any atom is -0.478 e. The lowest BCUT2D eigenvalue weighted by molar-refractivity contribution is -0.192. The van der Waals surface area contributed by atoms with Crippen molar-refractivity contribution in [2.24, 2.45) is 0 Å². The van der Waals surface area contributed by atoms with Crippen LogP contribution in [0.3, 0.4) is 0 Å². The highest BCUT2D eigenvalue weighted by atomic mass is 32.2. The zero-order chi connectivity index (χ0) is 29.2. The summed E-state index contributed by atoms with van der Waals surface area (Å²) in [4.78, 5) is 27.4. The van der Waals surface area contributed by atoms with Crippen molar-refractivity contribution < 1.29 is 41.4 Å². The molecule has 3 aromatic rings. The number of rotatable bonds is 10. The van der Waals surface area contributed by atoms with Crippen molar-refractivity contribution >= 4 is 33.5 Å². The molecule has 0 amide bonds. The zero-order valence-corrected chi connectivity index (χ0v) is 22.0. The Balaban J connectivity index is 0.000000673. The maximum atomic E-state index is 12.8. The number of aryl methyl sites for hydroxylation is 1. The lowest BCUT2D eigenvalue weighted by Gasteiger charge is -2.25. The van der Waals surface area contributed by atoms with Gasteiger partial charge >= 0.3 is 18.1 Å². The van der Waals surface area contributed by atoms with Gasteiger partial charge in [0.25, 0.3) is 10.0 Å². The first-order valence-electron chi connectivity index (χ1n) is 11.7. The number of alkyl halides is 3. The van der Waals surface area contributed by atoms with Gasteiger partial charge in [0, 0.05) is 13.1 Å². The van der Waals surface area contributed by atoms with E-state index < -0.39 is 28.1 Å². The highest BCUT2D eigenvalue weighted by Crippen LogP contribution is 2.26. The average Bonchev–Trinajstić information content (AvgIpc) is 2.87. The SMILES string of the molecule is CCCCN(Cc1ccccc1)c1ncc(NS(=O)(=O)c2ccccc2C)cc1C(=O)O.O=C(O)C(F)(F)F.